The van der Waals surface area contributed by atoms with E-state index < -0.39 is 0 Å². The standard InChI is InChI=1S/C16H26N2O2/c1-4-18-15(13-10-14(19-2)12-17-11-13)16(20-3)8-6-5-7-9-16/h10-12,15,18H,4-9H2,1-3H3. The summed E-state index contributed by atoms with van der Waals surface area (Å²) in [4.78, 5) is 4.30. The van der Waals surface area contributed by atoms with E-state index in [4.69, 9.17) is 9.47 Å². The highest BCUT2D eigenvalue weighted by Gasteiger charge is 2.40. The lowest BCUT2D eigenvalue weighted by molar-refractivity contribution is -0.0685. The van der Waals surface area contributed by atoms with Crippen molar-refractivity contribution < 1.29 is 9.47 Å². The van der Waals surface area contributed by atoms with E-state index in [-0.39, 0.29) is 11.6 Å². The van der Waals surface area contributed by atoms with E-state index in [0.29, 0.717) is 0 Å². The monoisotopic (exact) mass is 278 g/mol. The first-order valence-corrected chi connectivity index (χ1v) is 7.53. The fraction of sp³-hybridized carbons (Fsp3) is 0.688. The molecule has 1 aromatic heterocycles. The highest BCUT2D eigenvalue weighted by Crippen LogP contribution is 2.41. The fourth-order valence-corrected chi connectivity index (χ4v) is 3.28. The number of nitrogens with zero attached hydrogens (tertiary/aromatic N) is 1. The predicted octanol–water partition coefficient (Wildman–Crippen LogP) is 3.09. The summed E-state index contributed by atoms with van der Waals surface area (Å²) in [6.07, 6.45) is 9.62. The molecule has 0 aliphatic heterocycles. The van der Waals surface area contributed by atoms with Crippen molar-refractivity contribution in [2.75, 3.05) is 20.8 Å². The SMILES string of the molecule is CCNC(c1cncc(OC)c1)C1(OC)CCCCC1. The molecular weight excluding hydrogens is 252 g/mol. The average Bonchev–Trinajstić information content (AvgIpc) is 2.53. The summed E-state index contributed by atoms with van der Waals surface area (Å²) < 4.78 is 11.3. The zero-order valence-electron chi connectivity index (χ0n) is 12.8. The normalized spacial score (nSPS) is 19.6. The van der Waals surface area contributed by atoms with Crippen LogP contribution in [-0.2, 0) is 4.74 Å². The lowest BCUT2D eigenvalue weighted by Crippen LogP contribution is -2.47. The zero-order chi connectivity index (χ0) is 14.4. The molecule has 0 saturated heterocycles. The van der Waals surface area contributed by atoms with Gasteiger partial charge in [0.05, 0.1) is 24.9 Å². The van der Waals surface area contributed by atoms with Crippen LogP contribution < -0.4 is 10.1 Å². The van der Waals surface area contributed by atoms with Crippen molar-refractivity contribution in [3.05, 3.63) is 24.0 Å². The molecule has 1 N–H and O–H groups in total. The Morgan fingerprint density at radius 3 is 2.60 bits per heavy atom. The molecule has 1 fully saturated rings. The maximum Gasteiger partial charge on any atom is 0.137 e. The Kier molecular flexibility index (Phi) is 5.38. The number of aromatic nitrogens is 1. The van der Waals surface area contributed by atoms with Crippen LogP contribution in [0, 0.1) is 0 Å². The van der Waals surface area contributed by atoms with Crippen LogP contribution in [0.5, 0.6) is 5.75 Å². The molecule has 1 unspecified atom stereocenters. The van der Waals surface area contributed by atoms with E-state index in [1.807, 2.05) is 13.3 Å². The molecule has 1 heterocycles. The minimum Gasteiger partial charge on any atom is -0.495 e. The number of rotatable bonds is 6. The molecule has 0 aromatic carbocycles. The molecule has 4 nitrogen and oxygen atoms in total. The van der Waals surface area contributed by atoms with Gasteiger partial charge < -0.3 is 14.8 Å². The molecule has 1 atom stereocenters. The highest BCUT2D eigenvalue weighted by molar-refractivity contribution is 5.28. The minimum absolute atomic E-state index is 0.123. The molecule has 1 aromatic rings. The molecule has 20 heavy (non-hydrogen) atoms. The fourth-order valence-electron chi connectivity index (χ4n) is 3.28. The van der Waals surface area contributed by atoms with Gasteiger partial charge in [-0.15, -0.1) is 0 Å². The molecule has 4 heteroatoms. The maximum absolute atomic E-state index is 5.99. The van der Waals surface area contributed by atoms with Crippen LogP contribution in [0.3, 0.4) is 0 Å². The topological polar surface area (TPSA) is 43.4 Å². The van der Waals surface area contributed by atoms with Crippen LogP contribution in [0.1, 0.15) is 50.6 Å². The third kappa shape index (κ3) is 3.13. The van der Waals surface area contributed by atoms with Crippen molar-refractivity contribution in [1.29, 1.82) is 0 Å². The second kappa shape index (κ2) is 7.04. The summed E-state index contributed by atoms with van der Waals surface area (Å²) in [6, 6.07) is 2.23. The van der Waals surface area contributed by atoms with Gasteiger partial charge in [0.25, 0.3) is 0 Å². The molecule has 2 rings (SSSR count). The minimum atomic E-state index is -0.123. The second-order valence-corrected chi connectivity index (χ2v) is 5.48. The Morgan fingerprint density at radius 1 is 1.25 bits per heavy atom. The molecule has 112 valence electrons. The van der Waals surface area contributed by atoms with Crippen LogP contribution >= 0.6 is 0 Å². The molecule has 0 amide bonds. The van der Waals surface area contributed by atoms with Crippen LogP contribution in [0.2, 0.25) is 0 Å². The van der Waals surface area contributed by atoms with Gasteiger partial charge in [-0.1, -0.05) is 26.2 Å². The van der Waals surface area contributed by atoms with Gasteiger partial charge in [0.2, 0.25) is 0 Å². The Hall–Kier alpha value is -1.13. The molecule has 0 spiro atoms. The molecule has 1 saturated carbocycles. The Labute approximate surface area is 121 Å². The predicted molar refractivity (Wildman–Crippen MR) is 80.0 cm³/mol. The first-order chi connectivity index (χ1) is 9.75. The van der Waals surface area contributed by atoms with Gasteiger partial charge in [-0.2, -0.15) is 0 Å². The number of pyridine rings is 1. The number of hydrogen-bond acceptors (Lipinski definition) is 4. The first kappa shape index (κ1) is 15.3. The van der Waals surface area contributed by atoms with Crippen LogP contribution in [0.15, 0.2) is 18.5 Å². The molecular formula is C16H26N2O2. The first-order valence-electron chi connectivity index (χ1n) is 7.53. The van der Waals surface area contributed by atoms with E-state index in [1.54, 1.807) is 13.3 Å². The number of hydrogen-bond donors (Lipinski definition) is 1. The number of likely N-dealkylation sites (N-methyl/N-ethyl adjacent to an activating group) is 1. The summed E-state index contributed by atoms with van der Waals surface area (Å²) in [5, 5.41) is 3.59. The van der Waals surface area contributed by atoms with E-state index >= 15 is 0 Å². The van der Waals surface area contributed by atoms with Gasteiger partial charge in [0, 0.05) is 13.3 Å². The van der Waals surface area contributed by atoms with Gasteiger partial charge in [-0.05, 0) is 31.0 Å². The summed E-state index contributed by atoms with van der Waals surface area (Å²) in [6.45, 7) is 3.04. The number of ether oxygens (including phenoxy) is 2. The lowest BCUT2D eigenvalue weighted by Gasteiger charge is -2.43. The summed E-state index contributed by atoms with van der Waals surface area (Å²) in [5.74, 6) is 0.799. The van der Waals surface area contributed by atoms with Gasteiger partial charge in [0.1, 0.15) is 5.75 Å². The maximum atomic E-state index is 5.99. The smallest absolute Gasteiger partial charge is 0.137 e. The summed E-state index contributed by atoms with van der Waals surface area (Å²) in [7, 11) is 3.51. The third-order valence-electron chi connectivity index (χ3n) is 4.34. The highest BCUT2D eigenvalue weighted by atomic mass is 16.5. The van der Waals surface area contributed by atoms with E-state index in [1.165, 1.54) is 19.3 Å². The van der Waals surface area contributed by atoms with Crippen LogP contribution in [-0.4, -0.2) is 31.3 Å². The van der Waals surface area contributed by atoms with Gasteiger partial charge in [-0.25, -0.2) is 0 Å². The van der Waals surface area contributed by atoms with Crippen molar-refractivity contribution in [3.63, 3.8) is 0 Å². The Morgan fingerprint density at radius 2 is 2.00 bits per heavy atom. The van der Waals surface area contributed by atoms with Crippen molar-refractivity contribution in [1.82, 2.24) is 10.3 Å². The number of methoxy groups -OCH3 is 2. The van der Waals surface area contributed by atoms with Crippen LogP contribution in [0.4, 0.5) is 0 Å². The van der Waals surface area contributed by atoms with Crippen LogP contribution in [0.25, 0.3) is 0 Å². The molecule has 0 bridgehead atoms. The summed E-state index contributed by atoms with van der Waals surface area (Å²) in [5.41, 5.74) is 1.03. The largest absolute Gasteiger partial charge is 0.495 e. The lowest BCUT2D eigenvalue weighted by atomic mass is 9.77. The summed E-state index contributed by atoms with van der Waals surface area (Å²) >= 11 is 0. The Bertz CT molecular complexity index is 417. The van der Waals surface area contributed by atoms with Gasteiger partial charge >= 0.3 is 0 Å². The van der Waals surface area contributed by atoms with Crippen molar-refractivity contribution in [3.8, 4) is 5.75 Å². The molecule has 1 aliphatic rings. The van der Waals surface area contributed by atoms with E-state index in [9.17, 15) is 0 Å². The van der Waals surface area contributed by atoms with E-state index in [0.717, 1.165) is 30.7 Å². The van der Waals surface area contributed by atoms with Crippen molar-refractivity contribution in [2.45, 2.75) is 50.7 Å². The zero-order valence-corrected chi connectivity index (χ0v) is 12.8. The Balaban J connectivity index is 2.32. The number of nitrogens with one attached hydrogen (secondary N) is 1. The average molecular weight is 278 g/mol. The second-order valence-electron chi connectivity index (χ2n) is 5.48. The molecule has 1 aliphatic carbocycles. The van der Waals surface area contributed by atoms with Gasteiger partial charge in [-0.3, -0.25) is 4.98 Å². The van der Waals surface area contributed by atoms with Crippen molar-refractivity contribution >= 4 is 0 Å². The third-order valence-corrected chi connectivity index (χ3v) is 4.34. The molecule has 0 radical (unpaired) electrons. The quantitative estimate of drug-likeness (QED) is 0.868. The van der Waals surface area contributed by atoms with Gasteiger partial charge in [0.15, 0.2) is 0 Å². The van der Waals surface area contributed by atoms with E-state index in [2.05, 4.69) is 23.3 Å². The van der Waals surface area contributed by atoms with Crippen molar-refractivity contribution in [2.24, 2.45) is 0 Å².